The second kappa shape index (κ2) is 5.63. The van der Waals surface area contributed by atoms with Gasteiger partial charge in [-0.3, -0.25) is 9.59 Å². The molecular formula is C10H15BrO5. The van der Waals surface area contributed by atoms with Gasteiger partial charge in [0.15, 0.2) is 11.1 Å². The van der Waals surface area contributed by atoms with Gasteiger partial charge in [-0.25, -0.2) is 0 Å². The maximum absolute atomic E-state index is 11.0. The van der Waals surface area contributed by atoms with Gasteiger partial charge in [-0.15, -0.1) is 0 Å². The maximum atomic E-state index is 11.0. The van der Waals surface area contributed by atoms with Gasteiger partial charge in [-0.2, -0.15) is 0 Å². The van der Waals surface area contributed by atoms with Crippen LogP contribution in [0.1, 0.15) is 20.8 Å². The number of alkyl halides is 1. The molecule has 1 heterocycles. The fourth-order valence-corrected chi connectivity index (χ4v) is 2.15. The zero-order valence-corrected chi connectivity index (χ0v) is 11.0. The van der Waals surface area contributed by atoms with Gasteiger partial charge >= 0.3 is 11.9 Å². The van der Waals surface area contributed by atoms with Crippen molar-refractivity contribution < 1.29 is 23.8 Å². The van der Waals surface area contributed by atoms with Gasteiger partial charge in [0.05, 0.1) is 6.61 Å². The van der Waals surface area contributed by atoms with Gasteiger partial charge in [0.2, 0.25) is 0 Å². The van der Waals surface area contributed by atoms with Crippen LogP contribution in [0.5, 0.6) is 0 Å². The number of esters is 2. The van der Waals surface area contributed by atoms with E-state index in [4.69, 9.17) is 14.2 Å². The Kier molecular flexibility index (Phi) is 4.73. The number of rotatable bonds is 2. The van der Waals surface area contributed by atoms with Crippen molar-refractivity contribution in [2.24, 2.45) is 5.92 Å². The fourth-order valence-electron chi connectivity index (χ4n) is 1.59. The van der Waals surface area contributed by atoms with E-state index in [-0.39, 0.29) is 5.92 Å². The van der Waals surface area contributed by atoms with E-state index in [0.717, 1.165) is 0 Å². The number of carbonyl (C=O) groups is 2. The highest BCUT2D eigenvalue weighted by atomic mass is 79.9. The van der Waals surface area contributed by atoms with Gasteiger partial charge in [-0.1, -0.05) is 22.9 Å². The molecule has 6 heteroatoms. The third-order valence-corrected chi connectivity index (χ3v) is 3.05. The van der Waals surface area contributed by atoms with Crippen molar-refractivity contribution in [1.82, 2.24) is 0 Å². The Balaban J connectivity index is 2.76. The van der Waals surface area contributed by atoms with Crippen LogP contribution in [0.25, 0.3) is 0 Å². The summed E-state index contributed by atoms with van der Waals surface area (Å²) in [5, 5.41) is -0.447. The molecule has 0 saturated carbocycles. The summed E-state index contributed by atoms with van der Waals surface area (Å²) in [6.45, 7) is 4.97. The van der Waals surface area contributed by atoms with E-state index in [0.29, 0.717) is 6.61 Å². The Labute approximate surface area is 103 Å². The van der Waals surface area contributed by atoms with E-state index in [1.165, 1.54) is 13.8 Å². The van der Waals surface area contributed by atoms with E-state index in [2.05, 4.69) is 15.9 Å². The van der Waals surface area contributed by atoms with Crippen molar-refractivity contribution in [3.05, 3.63) is 0 Å². The molecule has 92 valence electrons. The molecule has 0 aromatic heterocycles. The topological polar surface area (TPSA) is 61.8 Å². The lowest BCUT2D eigenvalue weighted by molar-refractivity contribution is -0.191. The lowest BCUT2D eigenvalue weighted by atomic mass is 9.98. The molecule has 1 aliphatic rings. The predicted octanol–water partition coefficient (Wildman–Crippen LogP) is 1.24. The van der Waals surface area contributed by atoms with Gasteiger partial charge in [-0.05, 0) is 0 Å². The zero-order valence-electron chi connectivity index (χ0n) is 9.44. The summed E-state index contributed by atoms with van der Waals surface area (Å²) < 4.78 is 15.6. The average molecular weight is 295 g/mol. The number of hydrogen-bond donors (Lipinski definition) is 0. The third-order valence-electron chi connectivity index (χ3n) is 2.27. The summed E-state index contributed by atoms with van der Waals surface area (Å²) in [4.78, 5) is 21.9. The fraction of sp³-hybridized carbons (Fsp3) is 0.800. The molecule has 0 spiro atoms. The van der Waals surface area contributed by atoms with Crippen molar-refractivity contribution in [2.45, 2.75) is 38.0 Å². The minimum absolute atomic E-state index is 0.0120. The van der Waals surface area contributed by atoms with Crippen LogP contribution in [0.4, 0.5) is 0 Å². The van der Waals surface area contributed by atoms with Crippen molar-refractivity contribution in [3.63, 3.8) is 0 Å². The summed E-state index contributed by atoms with van der Waals surface area (Å²) in [5.41, 5.74) is 0. The van der Waals surface area contributed by atoms with Gasteiger partial charge in [0, 0.05) is 19.8 Å². The maximum Gasteiger partial charge on any atom is 0.303 e. The minimum Gasteiger partial charge on any atom is -0.458 e. The molecule has 0 radical (unpaired) electrons. The third kappa shape index (κ3) is 3.45. The highest BCUT2D eigenvalue weighted by Gasteiger charge is 2.41. The smallest absolute Gasteiger partial charge is 0.303 e. The number of halogens is 1. The van der Waals surface area contributed by atoms with Gasteiger partial charge in [0.1, 0.15) is 6.10 Å². The van der Waals surface area contributed by atoms with Crippen LogP contribution in [0, 0.1) is 5.92 Å². The Morgan fingerprint density at radius 3 is 2.19 bits per heavy atom. The molecule has 5 nitrogen and oxygen atoms in total. The van der Waals surface area contributed by atoms with Gasteiger partial charge in [0.25, 0.3) is 0 Å². The molecule has 0 unspecified atom stereocenters. The summed E-state index contributed by atoms with van der Waals surface area (Å²) in [6, 6.07) is 0. The summed E-state index contributed by atoms with van der Waals surface area (Å²) in [5.74, 6) is -0.832. The first-order valence-electron chi connectivity index (χ1n) is 5.02. The first-order valence-corrected chi connectivity index (χ1v) is 5.93. The second-order valence-electron chi connectivity index (χ2n) is 3.81. The highest BCUT2D eigenvalue weighted by molar-refractivity contribution is 9.09. The van der Waals surface area contributed by atoms with Crippen LogP contribution in [0.3, 0.4) is 0 Å². The monoisotopic (exact) mass is 294 g/mol. The molecule has 0 aromatic carbocycles. The molecule has 0 aromatic rings. The van der Waals surface area contributed by atoms with E-state index < -0.39 is 29.2 Å². The molecular weight excluding hydrogens is 280 g/mol. The molecule has 0 bridgehead atoms. The molecule has 1 aliphatic heterocycles. The van der Waals surface area contributed by atoms with Crippen LogP contribution in [0.15, 0.2) is 0 Å². The quantitative estimate of drug-likeness (QED) is 0.566. The number of ether oxygens (including phenoxy) is 3. The van der Waals surface area contributed by atoms with Crippen molar-refractivity contribution >= 4 is 27.9 Å². The predicted molar refractivity (Wildman–Crippen MR) is 58.9 cm³/mol. The van der Waals surface area contributed by atoms with Crippen molar-refractivity contribution in [3.8, 4) is 0 Å². The normalized spacial score (nSPS) is 34.2. The Bertz CT molecular complexity index is 252. The first-order chi connectivity index (χ1) is 7.41. The van der Waals surface area contributed by atoms with Crippen LogP contribution >= 0.6 is 15.9 Å². The highest BCUT2D eigenvalue weighted by Crippen LogP contribution is 2.28. The molecule has 1 fully saturated rings. The minimum atomic E-state index is -0.606. The Morgan fingerprint density at radius 1 is 1.19 bits per heavy atom. The van der Waals surface area contributed by atoms with E-state index in [1.54, 1.807) is 0 Å². The molecule has 1 saturated heterocycles. The molecule has 16 heavy (non-hydrogen) atoms. The number of carbonyl (C=O) groups excluding carboxylic acids is 2. The molecule has 4 atom stereocenters. The van der Waals surface area contributed by atoms with E-state index in [1.807, 2.05) is 6.92 Å². The summed E-state index contributed by atoms with van der Waals surface area (Å²) in [6.07, 6.45) is -1.08. The standard InChI is InChI=1S/C10H15BrO5/c1-5-4-14-10(11)9(16-7(3)13)8(5)15-6(2)12/h5,8-10H,4H2,1-3H3/t5-,8+,9-,10-/m1/s1. The lowest BCUT2D eigenvalue weighted by Gasteiger charge is -2.37. The number of hydrogen-bond acceptors (Lipinski definition) is 5. The lowest BCUT2D eigenvalue weighted by Crippen LogP contribution is -2.50. The Hall–Kier alpha value is -0.620. The molecule has 1 rings (SSSR count). The second-order valence-corrected chi connectivity index (χ2v) is 4.71. The van der Waals surface area contributed by atoms with Crippen molar-refractivity contribution in [2.75, 3.05) is 6.61 Å². The van der Waals surface area contributed by atoms with Gasteiger partial charge < -0.3 is 14.2 Å². The van der Waals surface area contributed by atoms with Crippen LogP contribution < -0.4 is 0 Å². The SMILES string of the molecule is CC(=O)O[C@@H]1[C@@H](OC(C)=O)[C@H](Br)OC[C@H]1C. The van der Waals surface area contributed by atoms with E-state index in [9.17, 15) is 9.59 Å². The van der Waals surface area contributed by atoms with Crippen molar-refractivity contribution in [1.29, 1.82) is 0 Å². The Morgan fingerprint density at radius 2 is 1.69 bits per heavy atom. The zero-order chi connectivity index (χ0) is 12.3. The van der Waals surface area contributed by atoms with E-state index >= 15 is 0 Å². The molecule has 0 amide bonds. The summed E-state index contributed by atoms with van der Waals surface area (Å²) >= 11 is 3.25. The van der Waals surface area contributed by atoms with Crippen LogP contribution in [-0.4, -0.2) is 35.8 Å². The summed E-state index contributed by atoms with van der Waals surface area (Å²) in [7, 11) is 0. The average Bonchev–Trinajstić information content (AvgIpc) is 2.16. The van der Waals surface area contributed by atoms with Crippen LogP contribution in [-0.2, 0) is 23.8 Å². The largest absolute Gasteiger partial charge is 0.458 e. The molecule has 0 N–H and O–H groups in total. The molecule has 0 aliphatic carbocycles. The van der Waals surface area contributed by atoms with Crippen LogP contribution in [0.2, 0.25) is 0 Å². The first kappa shape index (κ1) is 13.4.